The smallest absolute Gasteiger partial charge is 0.0184 e. The Balaban J connectivity index is 0.00000144. The van der Waals surface area contributed by atoms with Gasteiger partial charge in [-0.1, -0.05) is 30.3 Å². The zero-order chi connectivity index (χ0) is 11.1. The molecule has 1 aliphatic rings. The third-order valence-corrected chi connectivity index (χ3v) is 4.30. The largest absolute Gasteiger partial charge is 0.317 e. The van der Waals surface area contributed by atoms with E-state index in [4.69, 9.17) is 0 Å². The van der Waals surface area contributed by atoms with Crippen molar-refractivity contribution >= 4 is 24.2 Å². The van der Waals surface area contributed by atoms with Gasteiger partial charge >= 0.3 is 0 Å². The molecule has 0 radical (unpaired) electrons. The lowest BCUT2D eigenvalue weighted by atomic mass is 9.96. The van der Waals surface area contributed by atoms with Crippen molar-refractivity contribution in [3.05, 3.63) is 35.9 Å². The van der Waals surface area contributed by atoms with E-state index < -0.39 is 0 Å². The van der Waals surface area contributed by atoms with Gasteiger partial charge in [0.2, 0.25) is 0 Å². The number of halogens is 1. The number of benzene rings is 1. The minimum Gasteiger partial charge on any atom is -0.317 e. The van der Waals surface area contributed by atoms with Gasteiger partial charge in [-0.3, -0.25) is 0 Å². The Hall–Kier alpha value is -0.180. The van der Waals surface area contributed by atoms with Gasteiger partial charge in [-0.05, 0) is 49.6 Å². The Morgan fingerprint density at radius 1 is 1.12 bits per heavy atom. The van der Waals surface area contributed by atoms with Crippen LogP contribution in [0.25, 0.3) is 0 Å². The first-order valence-electron chi connectivity index (χ1n) is 6.27. The summed E-state index contributed by atoms with van der Waals surface area (Å²) in [7, 11) is 0. The molecule has 1 fully saturated rings. The first-order chi connectivity index (χ1) is 7.95. The van der Waals surface area contributed by atoms with Gasteiger partial charge in [-0.15, -0.1) is 12.4 Å². The monoisotopic (exact) mass is 271 g/mol. The Bertz CT molecular complexity index is 286. The number of thioether (sulfide) groups is 1. The van der Waals surface area contributed by atoms with Crippen LogP contribution in [0.15, 0.2) is 30.3 Å². The summed E-state index contributed by atoms with van der Waals surface area (Å²) in [6.07, 6.45) is 4.16. The van der Waals surface area contributed by atoms with Gasteiger partial charge in [0.05, 0.1) is 0 Å². The van der Waals surface area contributed by atoms with Gasteiger partial charge in [-0.2, -0.15) is 11.8 Å². The lowest BCUT2D eigenvalue weighted by Crippen LogP contribution is -2.27. The average molecular weight is 272 g/mol. The van der Waals surface area contributed by atoms with Crippen LogP contribution in [0.2, 0.25) is 0 Å². The number of rotatable bonds is 5. The molecule has 96 valence electrons. The van der Waals surface area contributed by atoms with Crippen molar-refractivity contribution in [2.24, 2.45) is 5.92 Å². The van der Waals surface area contributed by atoms with E-state index in [2.05, 4.69) is 47.4 Å². The fourth-order valence-electron chi connectivity index (χ4n) is 2.18. The fraction of sp³-hybridized carbons (Fsp3) is 0.571. The molecule has 0 aliphatic carbocycles. The van der Waals surface area contributed by atoms with E-state index in [0.717, 1.165) is 5.92 Å². The highest BCUT2D eigenvalue weighted by Gasteiger charge is 2.11. The van der Waals surface area contributed by atoms with E-state index in [-0.39, 0.29) is 12.4 Å². The third kappa shape index (κ3) is 5.80. The fourth-order valence-corrected chi connectivity index (χ4v) is 3.26. The van der Waals surface area contributed by atoms with Crippen LogP contribution < -0.4 is 5.32 Å². The van der Waals surface area contributed by atoms with Crippen molar-refractivity contribution < 1.29 is 0 Å². The molecule has 17 heavy (non-hydrogen) atoms. The molecular formula is C14H22ClNS. The molecule has 0 spiro atoms. The van der Waals surface area contributed by atoms with E-state index in [1.807, 2.05) is 0 Å². The molecular weight excluding hydrogens is 250 g/mol. The number of nitrogens with one attached hydrogen (secondary N) is 1. The second-order valence-corrected chi connectivity index (χ2v) is 5.63. The van der Waals surface area contributed by atoms with Crippen molar-refractivity contribution in [3.63, 3.8) is 0 Å². The van der Waals surface area contributed by atoms with Gasteiger partial charge in [0.15, 0.2) is 0 Å². The van der Waals surface area contributed by atoms with E-state index in [1.165, 1.54) is 49.4 Å². The van der Waals surface area contributed by atoms with E-state index >= 15 is 0 Å². The Kier molecular flexibility index (Phi) is 7.74. The molecule has 1 nitrogen and oxygen atoms in total. The van der Waals surface area contributed by atoms with Crippen LogP contribution in [0.5, 0.6) is 0 Å². The summed E-state index contributed by atoms with van der Waals surface area (Å²) in [6.45, 7) is 2.46. The van der Waals surface area contributed by atoms with Crippen molar-refractivity contribution in [3.8, 4) is 0 Å². The summed E-state index contributed by atoms with van der Waals surface area (Å²) < 4.78 is 0. The van der Waals surface area contributed by atoms with Crippen LogP contribution in [-0.2, 0) is 5.75 Å². The van der Waals surface area contributed by atoms with Crippen LogP contribution >= 0.6 is 24.2 Å². The van der Waals surface area contributed by atoms with Crippen molar-refractivity contribution in [1.29, 1.82) is 0 Å². The normalized spacial score (nSPS) is 16.5. The molecule has 0 bridgehead atoms. The molecule has 0 unspecified atom stereocenters. The molecule has 2 rings (SSSR count). The maximum atomic E-state index is 3.42. The van der Waals surface area contributed by atoms with Crippen LogP contribution in [0.3, 0.4) is 0 Å². The lowest BCUT2D eigenvalue weighted by molar-refractivity contribution is 0.367. The van der Waals surface area contributed by atoms with Gasteiger partial charge in [0, 0.05) is 5.75 Å². The van der Waals surface area contributed by atoms with Crippen LogP contribution in [0, 0.1) is 5.92 Å². The molecule has 3 heteroatoms. The van der Waals surface area contributed by atoms with Crippen LogP contribution in [-0.4, -0.2) is 18.8 Å². The van der Waals surface area contributed by atoms with Crippen LogP contribution in [0.4, 0.5) is 0 Å². The third-order valence-electron chi connectivity index (χ3n) is 3.24. The Labute approximate surface area is 115 Å². The lowest BCUT2D eigenvalue weighted by Gasteiger charge is -2.22. The second-order valence-electron chi connectivity index (χ2n) is 4.52. The topological polar surface area (TPSA) is 12.0 Å². The van der Waals surface area contributed by atoms with Gasteiger partial charge < -0.3 is 5.32 Å². The molecule has 0 aromatic heterocycles. The van der Waals surface area contributed by atoms with Gasteiger partial charge in [0.25, 0.3) is 0 Å². The zero-order valence-corrected chi connectivity index (χ0v) is 11.9. The van der Waals surface area contributed by atoms with E-state index in [0.29, 0.717) is 0 Å². The molecule has 0 saturated carbocycles. The standard InChI is InChI=1S/C14H21NS.ClH/c1-2-4-14(5-3-1)12-16-11-8-13-6-9-15-10-7-13;/h1-5,13,15H,6-12H2;1H. The maximum Gasteiger partial charge on any atom is 0.0184 e. The average Bonchev–Trinajstić information content (AvgIpc) is 2.37. The molecule has 0 amide bonds. The zero-order valence-electron chi connectivity index (χ0n) is 10.2. The predicted octanol–water partition coefficient (Wildman–Crippen LogP) is 3.73. The SMILES string of the molecule is Cl.c1ccc(CSCCC2CCNCC2)cc1. The summed E-state index contributed by atoms with van der Waals surface area (Å²) in [5.74, 6) is 3.47. The van der Waals surface area contributed by atoms with E-state index in [1.54, 1.807) is 0 Å². The first-order valence-corrected chi connectivity index (χ1v) is 7.43. The summed E-state index contributed by atoms with van der Waals surface area (Å²) in [6, 6.07) is 10.8. The minimum absolute atomic E-state index is 0. The molecule has 0 atom stereocenters. The maximum absolute atomic E-state index is 3.42. The molecule has 1 aromatic carbocycles. The number of hydrogen-bond donors (Lipinski definition) is 1. The highest BCUT2D eigenvalue weighted by Crippen LogP contribution is 2.20. The molecule has 1 aromatic rings. The minimum atomic E-state index is 0. The molecule has 1 saturated heterocycles. The molecule has 1 heterocycles. The quantitative estimate of drug-likeness (QED) is 0.819. The second kappa shape index (κ2) is 8.84. The first kappa shape index (κ1) is 14.9. The van der Waals surface area contributed by atoms with Crippen LogP contribution in [0.1, 0.15) is 24.8 Å². The van der Waals surface area contributed by atoms with Gasteiger partial charge in [0.1, 0.15) is 0 Å². The number of piperidine rings is 1. The number of hydrogen-bond acceptors (Lipinski definition) is 2. The van der Waals surface area contributed by atoms with Crippen molar-refractivity contribution in [2.45, 2.75) is 25.0 Å². The molecule has 1 N–H and O–H groups in total. The van der Waals surface area contributed by atoms with Crippen molar-refractivity contribution in [2.75, 3.05) is 18.8 Å². The summed E-state index contributed by atoms with van der Waals surface area (Å²) in [5.41, 5.74) is 1.46. The van der Waals surface area contributed by atoms with Gasteiger partial charge in [-0.25, -0.2) is 0 Å². The predicted molar refractivity (Wildman–Crippen MR) is 80.1 cm³/mol. The summed E-state index contributed by atoms with van der Waals surface area (Å²) in [5, 5.41) is 3.42. The highest BCUT2D eigenvalue weighted by atomic mass is 35.5. The summed E-state index contributed by atoms with van der Waals surface area (Å²) in [4.78, 5) is 0. The Morgan fingerprint density at radius 3 is 2.53 bits per heavy atom. The van der Waals surface area contributed by atoms with Crippen molar-refractivity contribution in [1.82, 2.24) is 5.32 Å². The molecule has 1 aliphatic heterocycles. The Morgan fingerprint density at radius 2 is 1.82 bits per heavy atom. The highest BCUT2D eigenvalue weighted by molar-refractivity contribution is 7.98. The van der Waals surface area contributed by atoms with E-state index in [9.17, 15) is 0 Å². The summed E-state index contributed by atoms with van der Waals surface area (Å²) >= 11 is 2.08.